The number of halogens is 1. The van der Waals surface area contributed by atoms with Gasteiger partial charge in [-0.25, -0.2) is 4.79 Å². The van der Waals surface area contributed by atoms with Gasteiger partial charge in [0.2, 0.25) is 0 Å². The lowest BCUT2D eigenvalue weighted by molar-refractivity contribution is 0.139. The van der Waals surface area contributed by atoms with Crippen LogP contribution in [0.2, 0.25) is 5.02 Å². The summed E-state index contributed by atoms with van der Waals surface area (Å²) in [7, 11) is 0. The summed E-state index contributed by atoms with van der Waals surface area (Å²) in [5, 5.41) is 4.19. The van der Waals surface area contributed by atoms with Crippen molar-refractivity contribution in [1.29, 1.82) is 0 Å². The van der Waals surface area contributed by atoms with Crippen molar-refractivity contribution in [2.24, 2.45) is 0 Å². The molecule has 0 bridgehead atoms. The predicted molar refractivity (Wildman–Crippen MR) is 101 cm³/mol. The number of carbonyl (C=O) groups excluding carboxylic acids is 1. The van der Waals surface area contributed by atoms with E-state index in [2.05, 4.69) is 27.2 Å². The Balaban J connectivity index is 1.51. The molecule has 2 saturated heterocycles. The molecule has 1 aromatic carbocycles. The molecular weight excluding hydrogens is 334 g/mol. The quantitative estimate of drug-likeness (QED) is 0.887. The molecule has 136 valence electrons. The Morgan fingerprint density at radius 3 is 2.56 bits per heavy atom. The van der Waals surface area contributed by atoms with Gasteiger partial charge >= 0.3 is 6.03 Å². The number of amides is 2. The fourth-order valence-electron chi connectivity index (χ4n) is 4.95. The maximum atomic E-state index is 13.2. The van der Waals surface area contributed by atoms with Crippen LogP contribution >= 0.6 is 11.6 Å². The van der Waals surface area contributed by atoms with E-state index in [4.69, 9.17) is 11.6 Å². The number of benzene rings is 1. The SMILES string of the molecule is O=C1N(C2CCNCC2)CCN1[C@@H]1CCCC[C@@H]1c1cccc(Cl)c1. The summed E-state index contributed by atoms with van der Waals surface area (Å²) in [6, 6.07) is 9.26. The number of rotatable bonds is 3. The van der Waals surface area contributed by atoms with Gasteiger partial charge < -0.3 is 15.1 Å². The van der Waals surface area contributed by atoms with Crippen LogP contribution in [0.3, 0.4) is 0 Å². The molecule has 1 aliphatic carbocycles. The highest BCUT2D eigenvalue weighted by molar-refractivity contribution is 6.30. The smallest absolute Gasteiger partial charge is 0.320 e. The minimum Gasteiger partial charge on any atom is -0.320 e. The van der Waals surface area contributed by atoms with Gasteiger partial charge in [0, 0.05) is 36.1 Å². The molecule has 2 heterocycles. The second kappa shape index (κ2) is 7.55. The first-order valence-corrected chi connectivity index (χ1v) is 10.2. The number of urea groups is 1. The minimum atomic E-state index is 0.269. The fourth-order valence-corrected chi connectivity index (χ4v) is 5.15. The Labute approximate surface area is 155 Å². The van der Waals surface area contributed by atoms with Crippen LogP contribution in [0.25, 0.3) is 0 Å². The van der Waals surface area contributed by atoms with E-state index in [1.54, 1.807) is 0 Å². The summed E-state index contributed by atoms with van der Waals surface area (Å²) in [6.45, 7) is 3.83. The largest absolute Gasteiger partial charge is 0.320 e. The summed E-state index contributed by atoms with van der Waals surface area (Å²) < 4.78 is 0. The molecule has 0 radical (unpaired) electrons. The van der Waals surface area contributed by atoms with Crippen molar-refractivity contribution in [2.75, 3.05) is 26.2 Å². The van der Waals surface area contributed by atoms with Crippen LogP contribution in [0.5, 0.6) is 0 Å². The fraction of sp³-hybridized carbons (Fsp3) is 0.650. The molecule has 3 aliphatic rings. The molecule has 0 aromatic heterocycles. The van der Waals surface area contributed by atoms with Crippen molar-refractivity contribution in [2.45, 2.75) is 56.5 Å². The standard InChI is InChI=1S/C20H28ClN3O/c21-16-5-3-4-15(14-16)18-6-1-2-7-19(18)24-13-12-23(20(24)25)17-8-10-22-11-9-17/h3-5,14,17-19,22H,1-2,6-13H2/t18-,19-/m1/s1. The number of piperidine rings is 1. The first kappa shape index (κ1) is 17.2. The van der Waals surface area contributed by atoms with Crippen molar-refractivity contribution >= 4 is 17.6 Å². The Morgan fingerprint density at radius 2 is 1.76 bits per heavy atom. The summed E-state index contributed by atoms with van der Waals surface area (Å²) >= 11 is 6.23. The van der Waals surface area contributed by atoms with E-state index in [1.165, 1.54) is 18.4 Å². The Hall–Kier alpha value is -1.26. The zero-order valence-corrected chi connectivity index (χ0v) is 15.5. The van der Waals surface area contributed by atoms with Crippen LogP contribution < -0.4 is 5.32 Å². The predicted octanol–water partition coefficient (Wildman–Crippen LogP) is 3.86. The second-order valence-corrected chi connectivity index (χ2v) is 8.10. The number of hydrogen-bond donors (Lipinski definition) is 1. The van der Waals surface area contributed by atoms with Gasteiger partial charge in [-0.1, -0.05) is 36.6 Å². The highest BCUT2D eigenvalue weighted by atomic mass is 35.5. The zero-order valence-electron chi connectivity index (χ0n) is 14.8. The normalized spacial score (nSPS) is 28.6. The van der Waals surface area contributed by atoms with Gasteiger partial charge in [0.05, 0.1) is 0 Å². The molecule has 1 saturated carbocycles. The third-order valence-corrected chi connectivity index (χ3v) is 6.46. The van der Waals surface area contributed by atoms with E-state index < -0.39 is 0 Å². The van der Waals surface area contributed by atoms with E-state index in [0.29, 0.717) is 18.0 Å². The molecule has 1 N–H and O–H groups in total. The molecule has 4 nitrogen and oxygen atoms in total. The first-order valence-electron chi connectivity index (χ1n) is 9.77. The van der Waals surface area contributed by atoms with Crippen LogP contribution in [0.4, 0.5) is 4.79 Å². The Bertz CT molecular complexity index is 617. The summed E-state index contributed by atoms with van der Waals surface area (Å²) in [5.74, 6) is 0.421. The van der Waals surface area contributed by atoms with Crippen molar-refractivity contribution in [3.05, 3.63) is 34.9 Å². The summed E-state index contributed by atoms with van der Waals surface area (Å²) in [4.78, 5) is 17.5. The molecule has 5 heteroatoms. The minimum absolute atomic E-state index is 0.269. The zero-order chi connectivity index (χ0) is 17.2. The van der Waals surface area contributed by atoms with Gasteiger partial charge in [0.25, 0.3) is 0 Å². The Kier molecular flexibility index (Phi) is 5.18. The van der Waals surface area contributed by atoms with Gasteiger partial charge in [-0.15, -0.1) is 0 Å². The molecule has 3 fully saturated rings. The monoisotopic (exact) mass is 361 g/mol. The lowest BCUT2D eigenvalue weighted by atomic mass is 9.79. The van der Waals surface area contributed by atoms with Gasteiger partial charge in [0.1, 0.15) is 0 Å². The average Bonchev–Trinajstić information content (AvgIpc) is 3.04. The summed E-state index contributed by atoms with van der Waals surface area (Å²) in [6.07, 6.45) is 6.90. The molecule has 4 rings (SSSR count). The van der Waals surface area contributed by atoms with Gasteiger partial charge in [-0.2, -0.15) is 0 Å². The molecule has 2 atom stereocenters. The van der Waals surface area contributed by atoms with Crippen LogP contribution in [0.15, 0.2) is 24.3 Å². The van der Waals surface area contributed by atoms with Gasteiger partial charge in [-0.05, 0) is 56.5 Å². The topological polar surface area (TPSA) is 35.6 Å². The van der Waals surface area contributed by atoms with E-state index >= 15 is 0 Å². The molecule has 2 amide bonds. The lowest BCUT2D eigenvalue weighted by Gasteiger charge is -2.39. The third kappa shape index (κ3) is 3.52. The highest BCUT2D eigenvalue weighted by Gasteiger charge is 2.41. The van der Waals surface area contributed by atoms with Crippen LogP contribution in [0.1, 0.15) is 50.0 Å². The summed E-state index contributed by atoms with van der Waals surface area (Å²) in [5.41, 5.74) is 1.30. The number of hydrogen-bond acceptors (Lipinski definition) is 2. The van der Waals surface area contributed by atoms with Crippen LogP contribution in [-0.2, 0) is 0 Å². The third-order valence-electron chi connectivity index (χ3n) is 6.23. The number of carbonyl (C=O) groups is 1. The van der Waals surface area contributed by atoms with Crippen molar-refractivity contribution in [3.8, 4) is 0 Å². The van der Waals surface area contributed by atoms with Gasteiger partial charge in [0.15, 0.2) is 0 Å². The molecule has 25 heavy (non-hydrogen) atoms. The maximum Gasteiger partial charge on any atom is 0.320 e. The van der Waals surface area contributed by atoms with E-state index in [0.717, 1.165) is 56.9 Å². The molecule has 2 aliphatic heterocycles. The van der Waals surface area contributed by atoms with Gasteiger partial charge in [-0.3, -0.25) is 0 Å². The molecule has 0 unspecified atom stereocenters. The van der Waals surface area contributed by atoms with Crippen molar-refractivity contribution in [3.63, 3.8) is 0 Å². The average molecular weight is 362 g/mol. The van der Waals surface area contributed by atoms with Crippen LogP contribution in [0, 0.1) is 0 Å². The maximum absolute atomic E-state index is 13.2. The number of nitrogens with one attached hydrogen (secondary N) is 1. The van der Waals surface area contributed by atoms with Crippen molar-refractivity contribution in [1.82, 2.24) is 15.1 Å². The first-order chi connectivity index (χ1) is 12.2. The Morgan fingerprint density at radius 1 is 1.00 bits per heavy atom. The van der Waals surface area contributed by atoms with E-state index in [9.17, 15) is 4.79 Å². The van der Waals surface area contributed by atoms with Crippen LogP contribution in [-0.4, -0.2) is 54.1 Å². The molecular formula is C20H28ClN3O. The molecule has 0 spiro atoms. The molecule has 1 aromatic rings. The lowest BCUT2D eigenvalue weighted by Crippen LogP contribution is -2.48. The number of nitrogens with zero attached hydrogens (tertiary/aromatic N) is 2. The van der Waals surface area contributed by atoms with Crippen molar-refractivity contribution < 1.29 is 4.79 Å². The van der Waals surface area contributed by atoms with E-state index in [-0.39, 0.29) is 6.03 Å². The van der Waals surface area contributed by atoms with E-state index in [1.807, 2.05) is 12.1 Å². The second-order valence-electron chi connectivity index (χ2n) is 7.66. The highest BCUT2D eigenvalue weighted by Crippen LogP contribution is 2.38.